The molecular weight excluding hydrogens is 230 g/mol. The Morgan fingerprint density at radius 2 is 1.47 bits per heavy atom. The van der Waals surface area contributed by atoms with Crippen molar-refractivity contribution in [1.29, 1.82) is 0 Å². The summed E-state index contributed by atoms with van der Waals surface area (Å²) in [5.41, 5.74) is 2.89. The van der Waals surface area contributed by atoms with E-state index >= 15 is 0 Å². The van der Waals surface area contributed by atoms with E-state index in [4.69, 9.17) is 0 Å². The molecule has 1 heteroatoms. The van der Waals surface area contributed by atoms with E-state index in [9.17, 15) is 0 Å². The average molecular weight is 270 g/mol. The van der Waals surface area contributed by atoms with Gasteiger partial charge in [0.05, 0.1) is 0 Å². The van der Waals surface area contributed by atoms with Gasteiger partial charge in [0.2, 0.25) is 0 Å². The highest BCUT2D eigenvalue weighted by Crippen LogP contribution is 2.07. The lowest BCUT2D eigenvalue weighted by atomic mass is 10.0. The lowest BCUT2D eigenvalue weighted by molar-refractivity contribution is 0.552. The van der Waals surface area contributed by atoms with E-state index in [0.717, 1.165) is 13.0 Å². The van der Waals surface area contributed by atoms with E-state index in [1.165, 1.54) is 24.0 Å². The van der Waals surface area contributed by atoms with Crippen LogP contribution in [0.1, 0.15) is 81.6 Å². The maximum absolute atomic E-state index is 3.56. The van der Waals surface area contributed by atoms with Crippen molar-refractivity contribution < 1.29 is 0 Å². The second-order valence-corrected chi connectivity index (χ2v) is 4.19. The van der Waals surface area contributed by atoms with Crippen LogP contribution in [-0.4, -0.2) is 12.6 Å². The van der Waals surface area contributed by atoms with Crippen molar-refractivity contribution in [2.45, 2.75) is 87.6 Å². The zero-order valence-corrected chi connectivity index (χ0v) is 15.1. The largest absolute Gasteiger partial charge is 0.310 e. The van der Waals surface area contributed by atoms with Gasteiger partial charge in [-0.05, 0) is 39.7 Å². The summed E-state index contributed by atoms with van der Waals surface area (Å²) < 4.78 is 0. The van der Waals surface area contributed by atoms with E-state index in [0.29, 0.717) is 6.04 Å². The zero-order chi connectivity index (χ0) is 15.7. The van der Waals surface area contributed by atoms with Gasteiger partial charge in [0.15, 0.2) is 0 Å². The Labute approximate surface area is 123 Å². The third-order valence-corrected chi connectivity index (χ3v) is 2.79. The molecule has 1 nitrogen and oxygen atoms in total. The summed E-state index contributed by atoms with van der Waals surface area (Å²) in [6.45, 7) is 20.2. The first-order valence-corrected chi connectivity index (χ1v) is 8.22. The molecule has 0 amide bonds. The quantitative estimate of drug-likeness (QED) is 0.549. The minimum atomic E-state index is 0.547. The van der Waals surface area contributed by atoms with Gasteiger partial charge in [-0.3, -0.25) is 0 Å². The normalized spacial score (nSPS) is 12.9. The molecule has 0 saturated heterocycles. The van der Waals surface area contributed by atoms with Gasteiger partial charge >= 0.3 is 0 Å². The van der Waals surface area contributed by atoms with E-state index in [-0.39, 0.29) is 0 Å². The van der Waals surface area contributed by atoms with Gasteiger partial charge in [0, 0.05) is 6.04 Å². The molecule has 0 aliphatic rings. The molecular formula is C18H39N. The molecule has 19 heavy (non-hydrogen) atoms. The summed E-state index contributed by atoms with van der Waals surface area (Å²) >= 11 is 0. The molecule has 0 aromatic rings. The lowest BCUT2D eigenvalue weighted by Gasteiger charge is -2.17. The van der Waals surface area contributed by atoms with Crippen LogP contribution in [0.3, 0.4) is 0 Å². The summed E-state index contributed by atoms with van der Waals surface area (Å²) in [5.74, 6) is 0. The molecule has 1 unspecified atom stereocenters. The fourth-order valence-electron chi connectivity index (χ4n) is 1.45. The topological polar surface area (TPSA) is 12.0 Å². The molecule has 0 aromatic carbocycles. The Morgan fingerprint density at radius 3 is 1.84 bits per heavy atom. The SMILES string of the molecule is CC.CC.CCCNC(CC)/C(C)=C/C=C(\C)CC. The van der Waals surface area contributed by atoms with Gasteiger partial charge in [-0.25, -0.2) is 0 Å². The van der Waals surface area contributed by atoms with Crippen molar-refractivity contribution in [3.05, 3.63) is 23.3 Å². The molecule has 0 heterocycles. The maximum Gasteiger partial charge on any atom is 0.0277 e. The predicted octanol–water partition coefficient (Wildman–Crippen LogP) is 6.12. The van der Waals surface area contributed by atoms with Crippen molar-refractivity contribution in [1.82, 2.24) is 5.32 Å². The molecule has 0 aliphatic heterocycles. The molecule has 0 aromatic heterocycles. The van der Waals surface area contributed by atoms with Gasteiger partial charge in [0.1, 0.15) is 0 Å². The summed E-state index contributed by atoms with van der Waals surface area (Å²) in [6.07, 6.45) is 8.01. The smallest absolute Gasteiger partial charge is 0.0277 e. The monoisotopic (exact) mass is 269 g/mol. The van der Waals surface area contributed by atoms with Crippen LogP contribution in [0, 0.1) is 0 Å². The highest BCUT2D eigenvalue weighted by atomic mass is 14.9. The first-order chi connectivity index (χ1) is 9.15. The van der Waals surface area contributed by atoms with Gasteiger partial charge in [-0.2, -0.15) is 0 Å². The minimum absolute atomic E-state index is 0.547. The number of nitrogens with one attached hydrogen (secondary N) is 1. The van der Waals surface area contributed by atoms with Crippen LogP contribution in [0.15, 0.2) is 23.3 Å². The molecule has 0 fully saturated rings. The van der Waals surface area contributed by atoms with E-state index < -0.39 is 0 Å². The molecule has 0 rings (SSSR count). The Hall–Kier alpha value is -0.560. The van der Waals surface area contributed by atoms with Gasteiger partial charge in [-0.15, -0.1) is 0 Å². The van der Waals surface area contributed by atoms with Crippen molar-refractivity contribution in [2.24, 2.45) is 0 Å². The summed E-state index contributed by atoms with van der Waals surface area (Å²) in [6, 6.07) is 0.547. The predicted molar refractivity (Wildman–Crippen MR) is 92.9 cm³/mol. The van der Waals surface area contributed by atoms with Crippen molar-refractivity contribution in [3.63, 3.8) is 0 Å². The second kappa shape index (κ2) is 19.8. The van der Waals surface area contributed by atoms with Crippen molar-refractivity contribution >= 4 is 0 Å². The molecule has 0 radical (unpaired) electrons. The van der Waals surface area contributed by atoms with Gasteiger partial charge in [-0.1, -0.05) is 71.8 Å². The number of hydrogen-bond donors (Lipinski definition) is 1. The van der Waals surface area contributed by atoms with Gasteiger partial charge in [0.25, 0.3) is 0 Å². The van der Waals surface area contributed by atoms with Crippen LogP contribution < -0.4 is 5.32 Å². The Balaban J connectivity index is -0.000000579. The maximum atomic E-state index is 3.56. The molecule has 0 aliphatic carbocycles. The number of hydrogen-bond acceptors (Lipinski definition) is 1. The third kappa shape index (κ3) is 15.4. The van der Waals surface area contributed by atoms with Crippen LogP contribution in [0.5, 0.6) is 0 Å². The summed E-state index contributed by atoms with van der Waals surface area (Å²) in [5, 5.41) is 3.56. The molecule has 1 N–H and O–H groups in total. The molecule has 116 valence electrons. The molecule has 0 spiro atoms. The third-order valence-electron chi connectivity index (χ3n) is 2.79. The highest BCUT2D eigenvalue weighted by molar-refractivity contribution is 5.19. The van der Waals surface area contributed by atoms with Crippen LogP contribution in [0.4, 0.5) is 0 Å². The highest BCUT2D eigenvalue weighted by Gasteiger charge is 2.05. The van der Waals surface area contributed by atoms with Crippen LogP contribution in [0.2, 0.25) is 0 Å². The minimum Gasteiger partial charge on any atom is -0.310 e. The average Bonchev–Trinajstić information content (AvgIpc) is 2.49. The lowest BCUT2D eigenvalue weighted by Crippen LogP contribution is -2.30. The van der Waals surface area contributed by atoms with E-state index in [1.807, 2.05) is 27.7 Å². The standard InChI is InChI=1S/C14H27N.2C2H6/c1-6-11-15-14(8-3)13(5)10-9-12(4)7-2;2*1-2/h9-10,14-15H,6-8,11H2,1-5H3;2*1-2H3/b12-9+,13-10+;;. The summed E-state index contributed by atoms with van der Waals surface area (Å²) in [7, 11) is 0. The first kappa shape index (κ1) is 23.5. The van der Waals surface area contributed by atoms with Crippen LogP contribution in [-0.2, 0) is 0 Å². The molecule has 0 saturated carbocycles. The zero-order valence-electron chi connectivity index (χ0n) is 15.1. The van der Waals surface area contributed by atoms with Crippen molar-refractivity contribution in [2.75, 3.05) is 6.54 Å². The Bertz CT molecular complexity index is 214. The number of rotatable bonds is 7. The van der Waals surface area contributed by atoms with Crippen molar-refractivity contribution in [3.8, 4) is 0 Å². The second-order valence-electron chi connectivity index (χ2n) is 4.19. The summed E-state index contributed by atoms with van der Waals surface area (Å²) in [4.78, 5) is 0. The fourth-order valence-corrected chi connectivity index (χ4v) is 1.45. The Morgan fingerprint density at radius 1 is 0.947 bits per heavy atom. The number of allylic oxidation sites excluding steroid dienone is 3. The van der Waals surface area contributed by atoms with Crippen LogP contribution >= 0.6 is 0 Å². The fraction of sp³-hybridized carbons (Fsp3) is 0.778. The van der Waals surface area contributed by atoms with Crippen LogP contribution in [0.25, 0.3) is 0 Å². The van der Waals surface area contributed by atoms with Gasteiger partial charge < -0.3 is 5.32 Å². The Kier molecular flexibility index (Phi) is 24.5. The molecule has 0 bridgehead atoms. The molecule has 1 atom stereocenters. The first-order valence-electron chi connectivity index (χ1n) is 8.22. The van der Waals surface area contributed by atoms with E-state index in [2.05, 4.69) is 52.1 Å². The van der Waals surface area contributed by atoms with E-state index in [1.54, 1.807) is 0 Å².